The Bertz CT molecular complexity index is 774. The molecule has 8 heteroatoms. The van der Waals surface area contributed by atoms with Gasteiger partial charge in [-0.3, -0.25) is 10.1 Å². The second-order valence-electron chi connectivity index (χ2n) is 4.15. The van der Waals surface area contributed by atoms with Crippen LogP contribution in [0.25, 0.3) is 0 Å². The zero-order valence-electron chi connectivity index (χ0n) is 11.2. The molecular formula is C14H10FN3O2S2. The third kappa shape index (κ3) is 3.46. The van der Waals surface area contributed by atoms with E-state index in [9.17, 15) is 9.18 Å². The fourth-order valence-electron chi connectivity index (χ4n) is 1.63. The summed E-state index contributed by atoms with van der Waals surface area (Å²) in [7, 11) is 0. The molecule has 5 nitrogen and oxygen atoms in total. The minimum absolute atomic E-state index is 0.0907. The van der Waals surface area contributed by atoms with Gasteiger partial charge in [0.1, 0.15) is 6.61 Å². The number of ether oxygens (including phenoxy) is 1. The van der Waals surface area contributed by atoms with Gasteiger partial charge in [0.05, 0.1) is 4.88 Å². The average Bonchev–Trinajstić information content (AvgIpc) is 3.18. The van der Waals surface area contributed by atoms with E-state index in [2.05, 4.69) is 15.5 Å². The van der Waals surface area contributed by atoms with Crippen LogP contribution in [-0.2, 0) is 6.61 Å². The first-order valence-corrected chi connectivity index (χ1v) is 7.96. The molecule has 2 aromatic heterocycles. The summed E-state index contributed by atoms with van der Waals surface area (Å²) >= 11 is 2.53. The Morgan fingerprint density at radius 1 is 1.23 bits per heavy atom. The van der Waals surface area contributed by atoms with E-state index < -0.39 is 5.82 Å². The highest BCUT2D eigenvalue weighted by Crippen LogP contribution is 2.21. The summed E-state index contributed by atoms with van der Waals surface area (Å²) in [6, 6.07) is 9.66. The Morgan fingerprint density at radius 3 is 2.86 bits per heavy atom. The van der Waals surface area contributed by atoms with E-state index in [0.29, 0.717) is 15.0 Å². The van der Waals surface area contributed by atoms with Gasteiger partial charge in [-0.25, -0.2) is 4.39 Å². The summed E-state index contributed by atoms with van der Waals surface area (Å²) < 4.78 is 18.7. The zero-order valence-corrected chi connectivity index (χ0v) is 12.8. The van der Waals surface area contributed by atoms with Crippen molar-refractivity contribution in [2.45, 2.75) is 6.61 Å². The predicted octanol–water partition coefficient (Wildman–Crippen LogP) is 3.57. The molecule has 0 saturated heterocycles. The lowest BCUT2D eigenvalue weighted by atomic mass is 10.3. The molecule has 2 heterocycles. The van der Waals surface area contributed by atoms with Gasteiger partial charge in [-0.15, -0.1) is 21.5 Å². The second-order valence-corrected chi connectivity index (χ2v) is 6.16. The first kappa shape index (κ1) is 14.6. The summed E-state index contributed by atoms with van der Waals surface area (Å²) in [5.74, 6) is -0.507. The molecule has 1 aromatic carbocycles. The Kier molecular flexibility index (Phi) is 4.40. The van der Waals surface area contributed by atoms with Crippen molar-refractivity contribution < 1.29 is 13.9 Å². The Labute approximate surface area is 133 Å². The maximum atomic E-state index is 13.4. The molecule has 3 rings (SSSR count). The van der Waals surface area contributed by atoms with Gasteiger partial charge in [0, 0.05) is 0 Å². The summed E-state index contributed by atoms with van der Waals surface area (Å²) in [5.41, 5.74) is 0. The molecule has 0 fully saturated rings. The highest BCUT2D eigenvalue weighted by Gasteiger charge is 2.11. The molecule has 0 aliphatic heterocycles. The van der Waals surface area contributed by atoms with Crippen LogP contribution in [0.5, 0.6) is 5.75 Å². The maximum Gasteiger partial charge on any atom is 0.267 e. The zero-order chi connectivity index (χ0) is 15.4. The van der Waals surface area contributed by atoms with E-state index in [-0.39, 0.29) is 18.3 Å². The third-order valence-corrected chi connectivity index (χ3v) is 4.30. The molecule has 0 bridgehead atoms. The lowest BCUT2D eigenvalue weighted by Gasteiger charge is -2.03. The van der Waals surface area contributed by atoms with Gasteiger partial charge in [-0.05, 0) is 23.6 Å². The number of anilines is 1. The molecule has 0 atom stereocenters. The fraction of sp³-hybridized carbons (Fsp3) is 0.0714. The number of thiophene rings is 1. The SMILES string of the molecule is O=C(Nc1nnc(COc2ccccc2F)s1)c1cccs1. The third-order valence-electron chi connectivity index (χ3n) is 2.62. The summed E-state index contributed by atoms with van der Waals surface area (Å²) in [6.45, 7) is 0.0907. The monoisotopic (exact) mass is 335 g/mol. The average molecular weight is 335 g/mol. The van der Waals surface area contributed by atoms with Crippen LogP contribution in [0.4, 0.5) is 9.52 Å². The second kappa shape index (κ2) is 6.63. The largest absolute Gasteiger partial charge is 0.483 e. The molecular weight excluding hydrogens is 325 g/mol. The van der Waals surface area contributed by atoms with Crippen molar-refractivity contribution in [3.8, 4) is 5.75 Å². The molecule has 0 aliphatic rings. The fourth-order valence-corrected chi connectivity index (χ4v) is 2.90. The first-order valence-electron chi connectivity index (χ1n) is 6.27. The number of halogens is 1. The molecule has 0 unspecified atom stereocenters. The van der Waals surface area contributed by atoms with E-state index >= 15 is 0 Å². The molecule has 1 N–H and O–H groups in total. The molecule has 0 radical (unpaired) electrons. The molecule has 112 valence electrons. The van der Waals surface area contributed by atoms with Crippen molar-refractivity contribution in [2.24, 2.45) is 0 Å². The Hall–Kier alpha value is -2.32. The van der Waals surface area contributed by atoms with Crippen LogP contribution in [-0.4, -0.2) is 16.1 Å². The lowest BCUT2D eigenvalue weighted by Crippen LogP contribution is -2.09. The number of aromatic nitrogens is 2. The van der Waals surface area contributed by atoms with Crippen LogP contribution in [0.2, 0.25) is 0 Å². The van der Waals surface area contributed by atoms with E-state index in [1.807, 2.05) is 5.38 Å². The van der Waals surface area contributed by atoms with Crippen molar-refractivity contribution in [3.63, 3.8) is 0 Å². The van der Waals surface area contributed by atoms with Gasteiger partial charge in [0.2, 0.25) is 5.13 Å². The number of para-hydroxylation sites is 1. The van der Waals surface area contributed by atoms with E-state index in [4.69, 9.17) is 4.74 Å². The molecule has 22 heavy (non-hydrogen) atoms. The molecule has 1 amide bonds. The highest BCUT2D eigenvalue weighted by atomic mass is 32.1. The number of hydrogen-bond acceptors (Lipinski definition) is 6. The minimum atomic E-state index is -0.432. The van der Waals surface area contributed by atoms with Gasteiger partial charge in [-0.2, -0.15) is 0 Å². The minimum Gasteiger partial charge on any atom is -0.483 e. The van der Waals surface area contributed by atoms with Crippen molar-refractivity contribution >= 4 is 33.7 Å². The summed E-state index contributed by atoms with van der Waals surface area (Å²) in [6.07, 6.45) is 0. The van der Waals surface area contributed by atoms with Crippen molar-refractivity contribution in [2.75, 3.05) is 5.32 Å². The van der Waals surface area contributed by atoms with Crippen molar-refractivity contribution in [3.05, 3.63) is 57.5 Å². The normalized spacial score (nSPS) is 10.4. The lowest BCUT2D eigenvalue weighted by molar-refractivity contribution is 0.103. The van der Waals surface area contributed by atoms with Crippen molar-refractivity contribution in [1.82, 2.24) is 10.2 Å². The quantitative estimate of drug-likeness (QED) is 0.774. The number of amides is 1. The van der Waals surface area contributed by atoms with Crippen LogP contribution >= 0.6 is 22.7 Å². The molecule has 0 spiro atoms. The van der Waals surface area contributed by atoms with Gasteiger partial charge < -0.3 is 4.74 Å². The van der Waals surface area contributed by atoms with Gasteiger partial charge in [0.15, 0.2) is 16.6 Å². The van der Waals surface area contributed by atoms with Crippen molar-refractivity contribution in [1.29, 1.82) is 0 Å². The van der Waals surface area contributed by atoms with Crippen LogP contribution in [0, 0.1) is 5.82 Å². The topological polar surface area (TPSA) is 64.1 Å². The highest BCUT2D eigenvalue weighted by molar-refractivity contribution is 7.15. The van der Waals surface area contributed by atoms with Gasteiger partial charge in [-0.1, -0.05) is 29.5 Å². The standard InChI is InChI=1S/C14H10FN3O2S2/c15-9-4-1-2-5-10(9)20-8-12-17-18-14(22-12)16-13(19)11-6-3-7-21-11/h1-7H,8H2,(H,16,18,19). The van der Waals surface area contributed by atoms with E-state index in [1.165, 1.54) is 34.8 Å². The van der Waals surface area contributed by atoms with E-state index in [1.54, 1.807) is 24.3 Å². The van der Waals surface area contributed by atoms with Crippen LogP contribution in [0.3, 0.4) is 0 Å². The number of rotatable bonds is 5. The summed E-state index contributed by atoms with van der Waals surface area (Å²) in [5, 5.41) is 13.2. The maximum absolute atomic E-state index is 13.4. The first-order chi connectivity index (χ1) is 10.7. The van der Waals surface area contributed by atoms with E-state index in [0.717, 1.165) is 0 Å². The summed E-state index contributed by atoms with van der Waals surface area (Å²) in [4.78, 5) is 12.5. The number of hydrogen-bond donors (Lipinski definition) is 1. The molecule has 0 saturated carbocycles. The van der Waals surface area contributed by atoms with Crippen LogP contribution < -0.4 is 10.1 Å². The van der Waals surface area contributed by atoms with Crippen LogP contribution in [0.1, 0.15) is 14.7 Å². The van der Waals surface area contributed by atoms with Crippen LogP contribution in [0.15, 0.2) is 41.8 Å². The predicted molar refractivity (Wildman–Crippen MR) is 82.9 cm³/mol. The molecule has 0 aliphatic carbocycles. The molecule has 3 aromatic rings. The number of carbonyl (C=O) groups excluding carboxylic acids is 1. The Morgan fingerprint density at radius 2 is 2.09 bits per heavy atom. The smallest absolute Gasteiger partial charge is 0.267 e. The Balaban J connectivity index is 1.60. The number of nitrogens with zero attached hydrogens (tertiary/aromatic N) is 2. The van der Waals surface area contributed by atoms with Gasteiger partial charge >= 0.3 is 0 Å². The number of nitrogens with one attached hydrogen (secondary N) is 1. The van der Waals surface area contributed by atoms with Gasteiger partial charge in [0.25, 0.3) is 5.91 Å². The number of benzene rings is 1. The number of carbonyl (C=O) groups is 1.